The number of nitrogens with one attached hydrogen (secondary N) is 2. The molecular weight excluding hydrogens is 390 g/mol. The van der Waals surface area contributed by atoms with Crippen molar-refractivity contribution in [1.82, 2.24) is 15.5 Å². The summed E-state index contributed by atoms with van der Waals surface area (Å²) in [6.07, 6.45) is -1.03. The number of benzene rings is 1. The molecule has 1 fully saturated rings. The molecule has 2 rings (SSSR count). The van der Waals surface area contributed by atoms with Crippen LogP contribution in [-0.2, 0) is 9.59 Å². The number of nitriles is 1. The number of alkyl halides is 1. The first kappa shape index (κ1) is 23.7. The lowest BCUT2D eigenvalue weighted by Gasteiger charge is -2.29. The topological polar surface area (TPSA) is 85.2 Å². The summed E-state index contributed by atoms with van der Waals surface area (Å²) in [7, 11) is 0. The van der Waals surface area contributed by atoms with Crippen LogP contribution in [0.1, 0.15) is 52.0 Å². The molecule has 1 heterocycles. The average molecular weight is 421 g/mol. The molecule has 1 aromatic rings. The number of hydrogen-bond donors (Lipinski definition) is 2. The van der Waals surface area contributed by atoms with Crippen molar-refractivity contribution in [1.29, 1.82) is 5.26 Å². The Balaban J connectivity index is 1.84. The summed E-state index contributed by atoms with van der Waals surface area (Å²) in [5, 5.41) is 15.0. The second-order valence-electron chi connectivity index (χ2n) is 8.64. The highest BCUT2D eigenvalue weighted by Gasteiger charge is 2.36. The molecule has 2 amide bonds. The van der Waals surface area contributed by atoms with E-state index in [1.165, 1.54) is 17.0 Å². The molecule has 0 aliphatic carbocycles. The molecular formula is C22H30F2N4O2. The predicted octanol–water partition coefficient (Wildman–Crippen LogP) is 2.65. The fraction of sp³-hybridized carbons (Fsp3) is 0.591. The predicted molar refractivity (Wildman–Crippen MR) is 110 cm³/mol. The Morgan fingerprint density at radius 3 is 2.70 bits per heavy atom. The molecule has 0 bridgehead atoms. The summed E-state index contributed by atoms with van der Waals surface area (Å²) in [5.41, 5.74) is 0.119. The lowest BCUT2D eigenvalue weighted by atomic mass is 9.93. The number of nitrogens with zero attached hydrogens (tertiary/aromatic N) is 2. The summed E-state index contributed by atoms with van der Waals surface area (Å²) in [6, 6.07) is 7.30. The third-order valence-electron chi connectivity index (χ3n) is 5.55. The van der Waals surface area contributed by atoms with E-state index < -0.39 is 17.8 Å². The van der Waals surface area contributed by atoms with Crippen molar-refractivity contribution >= 4 is 11.8 Å². The van der Waals surface area contributed by atoms with Crippen molar-refractivity contribution in [2.45, 2.75) is 70.2 Å². The lowest BCUT2D eigenvalue weighted by molar-refractivity contribution is -0.131. The van der Waals surface area contributed by atoms with E-state index in [1.54, 1.807) is 19.9 Å². The average Bonchev–Trinajstić information content (AvgIpc) is 3.06. The van der Waals surface area contributed by atoms with Crippen LogP contribution in [-0.4, -0.2) is 53.6 Å². The second-order valence-corrected chi connectivity index (χ2v) is 8.64. The van der Waals surface area contributed by atoms with Crippen LogP contribution in [0.15, 0.2) is 24.3 Å². The first-order valence-corrected chi connectivity index (χ1v) is 10.2. The van der Waals surface area contributed by atoms with Gasteiger partial charge in [-0.1, -0.05) is 19.1 Å². The quantitative estimate of drug-likeness (QED) is 0.677. The minimum absolute atomic E-state index is 0.0371. The van der Waals surface area contributed by atoms with Gasteiger partial charge in [-0.3, -0.25) is 9.59 Å². The van der Waals surface area contributed by atoms with Crippen LogP contribution in [0.2, 0.25) is 0 Å². The highest BCUT2D eigenvalue weighted by Crippen LogP contribution is 2.21. The first-order chi connectivity index (χ1) is 14.0. The van der Waals surface area contributed by atoms with E-state index in [0.717, 1.165) is 5.56 Å². The molecule has 1 aliphatic heterocycles. The molecule has 1 unspecified atom stereocenters. The zero-order valence-corrected chi connectivity index (χ0v) is 17.9. The second kappa shape index (κ2) is 9.98. The highest BCUT2D eigenvalue weighted by molar-refractivity contribution is 5.80. The van der Waals surface area contributed by atoms with E-state index >= 15 is 0 Å². The Morgan fingerprint density at radius 1 is 1.37 bits per heavy atom. The minimum atomic E-state index is -1.18. The van der Waals surface area contributed by atoms with Gasteiger partial charge in [-0.05, 0) is 38.5 Å². The van der Waals surface area contributed by atoms with E-state index in [9.17, 15) is 18.4 Å². The van der Waals surface area contributed by atoms with Crippen LogP contribution >= 0.6 is 0 Å². The minimum Gasteiger partial charge on any atom is -0.353 e. The maximum atomic E-state index is 13.5. The van der Waals surface area contributed by atoms with E-state index in [1.807, 2.05) is 26.0 Å². The molecule has 1 aromatic carbocycles. The Hall–Kier alpha value is -2.53. The highest BCUT2D eigenvalue weighted by atomic mass is 19.1. The SMILES string of the molecule is CC(NC(=O)CC(C)(C)NCC(=O)N1C[C@@H](F)C[C@H]1C#N)[C@H](C)c1cccc(F)c1. The first-order valence-electron chi connectivity index (χ1n) is 10.2. The van der Waals surface area contributed by atoms with E-state index in [2.05, 4.69) is 10.6 Å². The van der Waals surface area contributed by atoms with Gasteiger partial charge >= 0.3 is 0 Å². The molecule has 0 spiro atoms. The fourth-order valence-corrected chi connectivity index (χ4v) is 3.57. The standard InChI is InChI=1S/C22H30F2N4O2/c1-14(16-6-5-7-17(23)8-16)15(2)27-20(29)10-22(3,4)26-12-21(30)28-13-18(24)9-19(28)11-25/h5-8,14-15,18-19,26H,9-10,12-13H2,1-4H3,(H,27,29)/t14-,15?,18-,19-/m0/s1. The zero-order valence-electron chi connectivity index (χ0n) is 17.9. The van der Waals surface area contributed by atoms with Gasteiger partial charge in [0.2, 0.25) is 11.8 Å². The van der Waals surface area contributed by atoms with Gasteiger partial charge in [0.15, 0.2) is 0 Å². The molecule has 2 N–H and O–H groups in total. The summed E-state index contributed by atoms with van der Waals surface area (Å²) in [5.74, 6) is -0.948. The van der Waals surface area contributed by atoms with E-state index in [0.29, 0.717) is 0 Å². The van der Waals surface area contributed by atoms with Gasteiger partial charge in [-0.25, -0.2) is 8.78 Å². The summed E-state index contributed by atoms with van der Waals surface area (Å²) in [6.45, 7) is 7.21. The number of rotatable bonds is 8. The van der Waals surface area contributed by atoms with Crippen LogP contribution < -0.4 is 10.6 Å². The molecule has 0 saturated carbocycles. The van der Waals surface area contributed by atoms with E-state index in [-0.39, 0.29) is 55.5 Å². The number of carbonyl (C=O) groups is 2. The van der Waals surface area contributed by atoms with Gasteiger partial charge in [0, 0.05) is 30.3 Å². The van der Waals surface area contributed by atoms with Crippen LogP contribution in [0, 0.1) is 17.1 Å². The Morgan fingerprint density at radius 2 is 2.07 bits per heavy atom. The van der Waals surface area contributed by atoms with Gasteiger partial charge in [-0.2, -0.15) is 5.26 Å². The Kier molecular flexibility index (Phi) is 7.90. The molecule has 30 heavy (non-hydrogen) atoms. The number of likely N-dealkylation sites (tertiary alicyclic amines) is 1. The normalized spacial score (nSPS) is 21.0. The van der Waals surface area contributed by atoms with Crippen molar-refractivity contribution in [3.63, 3.8) is 0 Å². The molecule has 8 heteroatoms. The molecule has 6 nitrogen and oxygen atoms in total. The van der Waals surface area contributed by atoms with Crippen molar-refractivity contribution in [2.24, 2.45) is 0 Å². The Bertz CT molecular complexity index is 809. The molecule has 0 aromatic heterocycles. The molecule has 1 aliphatic rings. The van der Waals surface area contributed by atoms with Crippen molar-refractivity contribution < 1.29 is 18.4 Å². The Labute approximate surface area is 176 Å². The van der Waals surface area contributed by atoms with Crippen molar-refractivity contribution in [2.75, 3.05) is 13.1 Å². The summed E-state index contributed by atoms with van der Waals surface area (Å²) >= 11 is 0. The van der Waals surface area contributed by atoms with Crippen molar-refractivity contribution in [3.05, 3.63) is 35.6 Å². The maximum absolute atomic E-state index is 13.5. The molecule has 4 atom stereocenters. The van der Waals surface area contributed by atoms with Crippen LogP contribution in [0.4, 0.5) is 8.78 Å². The fourth-order valence-electron chi connectivity index (χ4n) is 3.57. The number of hydrogen-bond acceptors (Lipinski definition) is 4. The van der Waals surface area contributed by atoms with Crippen LogP contribution in [0.25, 0.3) is 0 Å². The maximum Gasteiger partial charge on any atom is 0.237 e. The largest absolute Gasteiger partial charge is 0.353 e. The molecule has 164 valence electrons. The zero-order chi connectivity index (χ0) is 22.5. The third kappa shape index (κ3) is 6.49. The van der Waals surface area contributed by atoms with Gasteiger partial charge in [0.1, 0.15) is 18.0 Å². The molecule has 0 radical (unpaired) electrons. The number of carbonyl (C=O) groups excluding carboxylic acids is 2. The monoisotopic (exact) mass is 420 g/mol. The molecule has 1 saturated heterocycles. The van der Waals surface area contributed by atoms with Gasteiger partial charge in [-0.15, -0.1) is 0 Å². The van der Waals surface area contributed by atoms with E-state index in [4.69, 9.17) is 5.26 Å². The summed E-state index contributed by atoms with van der Waals surface area (Å²) in [4.78, 5) is 26.1. The van der Waals surface area contributed by atoms with Gasteiger partial charge < -0.3 is 15.5 Å². The summed E-state index contributed by atoms with van der Waals surface area (Å²) < 4.78 is 27.0. The third-order valence-corrected chi connectivity index (χ3v) is 5.55. The van der Waals surface area contributed by atoms with Crippen molar-refractivity contribution in [3.8, 4) is 6.07 Å². The number of amides is 2. The van der Waals surface area contributed by atoms with Crippen LogP contribution in [0.5, 0.6) is 0 Å². The van der Waals surface area contributed by atoms with Gasteiger partial charge in [0.25, 0.3) is 0 Å². The van der Waals surface area contributed by atoms with Crippen LogP contribution in [0.3, 0.4) is 0 Å². The smallest absolute Gasteiger partial charge is 0.237 e. The lowest BCUT2D eigenvalue weighted by Crippen LogP contribution is -2.50. The number of halogens is 2. The van der Waals surface area contributed by atoms with Gasteiger partial charge in [0.05, 0.1) is 19.2 Å².